The number of esters is 1. The van der Waals surface area contributed by atoms with Crippen LogP contribution >= 0.6 is 11.6 Å². The van der Waals surface area contributed by atoms with Crippen LogP contribution in [0.15, 0.2) is 18.2 Å². The van der Waals surface area contributed by atoms with Gasteiger partial charge in [0, 0.05) is 20.3 Å². The third kappa shape index (κ3) is 5.24. The molecule has 0 aliphatic carbocycles. The summed E-state index contributed by atoms with van der Waals surface area (Å²) in [4.78, 5) is 23.7. The van der Waals surface area contributed by atoms with E-state index in [1.54, 1.807) is 19.2 Å². The SMILES string of the molecule is COCCCNC(=O)C(C)OC(=O)c1cccc(N)c1Cl. The van der Waals surface area contributed by atoms with Crippen molar-refractivity contribution >= 4 is 29.2 Å². The number of nitrogens with two attached hydrogens (primary N) is 1. The van der Waals surface area contributed by atoms with Crippen molar-refractivity contribution in [2.45, 2.75) is 19.4 Å². The fourth-order valence-electron chi connectivity index (χ4n) is 1.56. The normalized spacial score (nSPS) is 11.8. The van der Waals surface area contributed by atoms with Gasteiger partial charge >= 0.3 is 5.97 Å². The molecule has 6 nitrogen and oxygen atoms in total. The van der Waals surface area contributed by atoms with Crippen molar-refractivity contribution in [1.29, 1.82) is 0 Å². The van der Waals surface area contributed by atoms with E-state index in [1.165, 1.54) is 13.0 Å². The van der Waals surface area contributed by atoms with Crippen molar-refractivity contribution in [3.05, 3.63) is 28.8 Å². The largest absolute Gasteiger partial charge is 0.449 e. The third-order valence-corrected chi connectivity index (χ3v) is 3.15. The van der Waals surface area contributed by atoms with Crippen LogP contribution in [0.25, 0.3) is 0 Å². The van der Waals surface area contributed by atoms with E-state index >= 15 is 0 Å². The van der Waals surface area contributed by atoms with Crippen molar-refractivity contribution in [1.82, 2.24) is 5.32 Å². The molecule has 1 unspecified atom stereocenters. The van der Waals surface area contributed by atoms with Gasteiger partial charge in [-0.15, -0.1) is 0 Å². The lowest BCUT2D eigenvalue weighted by Crippen LogP contribution is -2.36. The lowest BCUT2D eigenvalue weighted by molar-refractivity contribution is -0.129. The molecular formula is C14H19ClN2O4. The summed E-state index contributed by atoms with van der Waals surface area (Å²) in [6.07, 6.45) is -0.234. The molecule has 1 aromatic rings. The minimum Gasteiger partial charge on any atom is -0.449 e. The quantitative estimate of drug-likeness (QED) is 0.453. The highest BCUT2D eigenvalue weighted by Gasteiger charge is 2.20. The second-order valence-electron chi connectivity index (χ2n) is 4.39. The van der Waals surface area contributed by atoms with Gasteiger partial charge in [-0.1, -0.05) is 17.7 Å². The van der Waals surface area contributed by atoms with Crippen LogP contribution in [0.1, 0.15) is 23.7 Å². The molecular weight excluding hydrogens is 296 g/mol. The summed E-state index contributed by atoms with van der Waals surface area (Å²) in [5.74, 6) is -1.06. The fourth-order valence-corrected chi connectivity index (χ4v) is 1.76. The Bertz CT molecular complexity index is 508. The molecule has 0 aliphatic rings. The van der Waals surface area contributed by atoms with E-state index in [1.807, 2.05) is 0 Å². The minimum absolute atomic E-state index is 0.121. The van der Waals surface area contributed by atoms with Gasteiger partial charge < -0.3 is 20.5 Å². The van der Waals surface area contributed by atoms with Gasteiger partial charge in [0.2, 0.25) is 0 Å². The Labute approximate surface area is 128 Å². The van der Waals surface area contributed by atoms with Crippen molar-refractivity contribution in [3.63, 3.8) is 0 Å². The van der Waals surface area contributed by atoms with E-state index in [0.717, 1.165) is 0 Å². The maximum absolute atomic E-state index is 11.9. The number of carbonyl (C=O) groups is 2. The Morgan fingerprint density at radius 1 is 1.43 bits per heavy atom. The summed E-state index contributed by atoms with van der Waals surface area (Å²) in [7, 11) is 1.58. The van der Waals surface area contributed by atoms with E-state index < -0.39 is 12.1 Å². The Hall–Kier alpha value is -1.79. The van der Waals surface area contributed by atoms with Crippen molar-refractivity contribution in [3.8, 4) is 0 Å². The molecule has 1 amide bonds. The number of ether oxygens (including phenoxy) is 2. The summed E-state index contributed by atoms with van der Waals surface area (Å²) < 4.78 is 9.94. The molecule has 21 heavy (non-hydrogen) atoms. The molecule has 0 radical (unpaired) electrons. The predicted molar refractivity (Wildman–Crippen MR) is 80.2 cm³/mol. The monoisotopic (exact) mass is 314 g/mol. The van der Waals surface area contributed by atoms with Crippen molar-refractivity contribution in [2.24, 2.45) is 0 Å². The van der Waals surface area contributed by atoms with E-state index in [0.29, 0.717) is 19.6 Å². The topological polar surface area (TPSA) is 90.6 Å². The maximum atomic E-state index is 11.9. The number of amides is 1. The highest BCUT2D eigenvalue weighted by molar-refractivity contribution is 6.36. The van der Waals surface area contributed by atoms with Gasteiger partial charge in [0.15, 0.2) is 6.10 Å². The molecule has 0 saturated carbocycles. The molecule has 0 aliphatic heterocycles. The van der Waals surface area contributed by atoms with Gasteiger partial charge in [-0.2, -0.15) is 0 Å². The smallest absolute Gasteiger partial charge is 0.340 e. The Balaban J connectivity index is 2.53. The van der Waals surface area contributed by atoms with Crippen LogP contribution < -0.4 is 11.1 Å². The summed E-state index contributed by atoms with van der Waals surface area (Å²) in [6.45, 7) is 2.49. The summed E-state index contributed by atoms with van der Waals surface area (Å²) >= 11 is 5.93. The first kappa shape index (κ1) is 17.3. The molecule has 0 fully saturated rings. The molecule has 0 spiro atoms. The molecule has 0 bridgehead atoms. The zero-order valence-electron chi connectivity index (χ0n) is 12.0. The van der Waals surface area contributed by atoms with Gasteiger partial charge in [-0.05, 0) is 25.5 Å². The minimum atomic E-state index is -0.919. The highest BCUT2D eigenvalue weighted by Crippen LogP contribution is 2.23. The number of hydrogen-bond acceptors (Lipinski definition) is 5. The van der Waals surface area contributed by atoms with Crippen molar-refractivity contribution < 1.29 is 19.1 Å². The van der Waals surface area contributed by atoms with Crippen LogP contribution in [0.3, 0.4) is 0 Å². The van der Waals surface area contributed by atoms with Gasteiger partial charge in [-0.3, -0.25) is 4.79 Å². The zero-order valence-corrected chi connectivity index (χ0v) is 12.8. The summed E-state index contributed by atoms with van der Waals surface area (Å²) in [5, 5.41) is 2.77. The molecule has 0 heterocycles. The molecule has 1 aromatic carbocycles. The first-order valence-corrected chi connectivity index (χ1v) is 6.86. The molecule has 0 saturated heterocycles. The molecule has 3 N–H and O–H groups in total. The molecule has 1 rings (SSSR count). The van der Waals surface area contributed by atoms with Gasteiger partial charge in [0.05, 0.1) is 16.3 Å². The second kappa shape index (κ2) is 8.49. The van der Waals surface area contributed by atoms with Crippen molar-refractivity contribution in [2.75, 3.05) is 26.0 Å². The van der Waals surface area contributed by atoms with E-state index in [2.05, 4.69) is 5.32 Å². The molecule has 0 aromatic heterocycles. The third-order valence-electron chi connectivity index (χ3n) is 2.73. The van der Waals surface area contributed by atoms with Gasteiger partial charge in [0.25, 0.3) is 5.91 Å². The molecule has 7 heteroatoms. The number of halogens is 1. The lowest BCUT2D eigenvalue weighted by atomic mass is 10.2. The molecule has 116 valence electrons. The number of methoxy groups -OCH3 is 1. The summed E-state index contributed by atoms with van der Waals surface area (Å²) in [6, 6.07) is 4.66. The predicted octanol–water partition coefficient (Wildman–Crippen LogP) is 1.62. The van der Waals surface area contributed by atoms with Crippen LogP contribution in [0.2, 0.25) is 5.02 Å². The maximum Gasteiger partial charge on any atom is 0.340 e. The van der Waals surface area contributed by atoms with Gasteiger partial charge in [0.1, 0.15) is 0 Å². The van der Waals surface area contributed by atoms with E-state index in [4.69, 9.17) is 26.8 Å². The van der Waals surface area contributed by atoms with E-state index in [9.17, 15) is 9.59 Å². The van der Waals surface area contributed by atoms with Crippen LogP contribution in [0, 0.1) is 0 Å². The number of anilines is 1. The average Bonchev–Trinajstić information content (AvgIpc) is 2.46. The summed E-state index contributed by atoms with van der Waals surface area (Å²) in [5.41, 5.74) is 6.03. The Kier molecular flexibility index (Phi) is 6.98. The number of benzene rings is 1. The number of nitrogens with one attached hydrogen (secondary N) is 1. The lowest BCUT2D eigenvalue weighted by Gasteiger charge is -2.14. The van der Waals surface area contributed by atoms with E-state index in [-0.39, 0.29) is 22.2 Å². The Morgan fingerprint density at radius 3 is 2.81 bits per heavy atom. The van der Waals surface area contributed by atoms with Crippen LogP contribution in [0.4, 0.5) is 5.69 Å². The number of hydrogen-bond donors (Lipinski definition) is 2. The number of rotatable bonds is 7. The zero-order chi connectivity index (χ0) is 15.8. The second-order valence-corrected chi connectivity index (χ2v) is 4.77. The average molecular weight is 315 g/mol. The first-order chi connectivity index (χ1) is 9.97. The van der Waals surface area contributed by atoms with Crippen LogP contribution in [-0.4, -0.2) is 38.2 Å². The fraction of sp³-hybridized carbons (Fsp3) is 0.429. The molecule has 1 atom stereocenters. The van der Waals surface area contributed by atoms with Crippen LogP contribution in [0.5, 0.6) is 0 Å². The Morgan fingerprint density at radius 2 is 2.14 bits per heavy atom. The first-order valence-electron chi connectivity index (χ1n) is 6.49. The number of nitrogen functional groups attached to an aromatic ring is 1. The standard InChI is InChI=1S/C14H19ClN2O4/c1-9(13(18)17-7-4-8-20-2)21-14(19)10-5-3-6-11(16)12(10)15/h3,5-6,9H,4,7-8,16H2,1-2H3,(H,17,18). The highest BCUT2D eigenvalue weighted by atomic mass is 35.5. The van der Waals surface area contributed by atoms with Gasteiger partial charge in [-0.25, -0.2) is 4.79 Å². The number of carbonyl (C=O) groups excluding carboxylic acids is 2. The van der Waals surface area contributed by atoms with Crippen LogP contribution in [-0.2, 0) is 14.3 Å².